The summed E-state index contributed by atoms with van der Waals surface area (Å²) < 4.78 is 5.56. The Morgan fingerprint density at radius 2 is 1.74 bits per heavy atom. The highest BCUT2D eigenvalue weighted by atomic mass is 16.5. The average molecular weight is 367 g/mol. The number of amides is 2. The Labute approximate surface area is 159 Å². The SMILES string of the molecule is CN(C)Cc1cccc(NC(=O)COc2cccc(NC(=O)C3CC3)c2)c1. The van der Waals surface area contributed by atoms with Gasteiger partial charge in [0.1, 0.15) is 5.75 Å². The highest BCUT2D eigenvalue weighted by Crippen LogP contribution is 2.30. The average Bonchev–Trinajstić information content (AvgIpc) is 3.45. The fraction of sp³-hybridized carbons (Fsp3) is 0.333. The van der Waals surface area contributed by atoms with Gasteiger partial charge in [-0.05, 0) is 56.8 Å². The summed E-state index contributed by atoms with van der Waals surface area (Å²) in [5.41, 5.74) is 2.55. The van der Waals surface area contributed by atoms with Crippen molar-refractivity contribution < 1.29 is 14.3 Å². The van der Waals surface area contributed by atoms with Gasteiger partial charge in [0.15, 0.2) is 6.61 Å². The summed E-state index contributed by atoms with van der Waals surface area (Å²) in [6.07, 6.45) is 1.91. The number of carbonyl (C=O) groups is 2. The standard InChI is InChI=1S/C21H25N3O3/c1-24(2)13-15-5-3-6-17(11-15)22-20(25)14-27-19-8-4-7-18(12-19)23-21(26)16-9-10-16/h3-8,11-12,16H,9-10,13-14H2,1-2H3,(H,22,25)(H,23,26). The van der Waals surface area contributed by atoms with Crippen LogP contribution in [0.2, 0.25) is 0 Å². The molecule has 0 unspecified atom stereocenters. The van der Waals surface area contributed by atoms with E-state index in [0.717, 1.165) is 30.6 Å². The van der Waals surface area contributed by atoms with Crippen LogP contribution in [-0.2, 0) is 16.1 Å². The number of rotatable bonds is 8. The first-order valence-electron chi connectivity index (χ1n) is 9.07. The highest BCUT2D eigenvalue weighted by Gasteiger charge is 2.29. The maximum atomic E-state index is 12.2. The summed E-state index contributed by atoms with van der Waals surface area (Å²) in [7, 11) is 4.00. The van der Waals surface area contributed by atoms with E-state index in [9.17, 15) is 9.59 Å². The Hall–Kier alpha value is -2.86. The van der Waals surface area contributed by atoms with E-state index in [1.54, 1.807) is 18.2 Å². The van der Waals surface area contributed by atoms with Crippen molar-refractivity contribution in [2.24, 2.45) is 5.92 Å². The number of benzene rings is 2. The van der Waals surface area contributed by atoms with Crippen molar-refractivity contribution in [3.8, 4) is 5.75 Å². The number of nitrogens with zero attached hydrogens (tertiary/aromatic N) is 1. The van der Waals surface area contributed by atoms with E-state index in [0.29, 0.717) is 11.4 Å². The fourth-order valence-corrected chi connectivity index (χ4v) is 2.71. The van der Waals surface area contributed by atoms with Crippen LogP contribution in [-0.4, -0.2) is 37.4 Å². The van der Waals surface area contributed by atoms with Crippen LogP contribution in [0.15, 0.2) is 48.5 Å². The Kier molecular flexibility index (Phi) is 6.08. The van der Waals surface area contributed by atoms with Crippen molar-refractivity contribution in [3.63, 3.8) is 0 Å². The molecular weight excluding hydrogens is 342 g/mol. The Morgan fingerprint density at radius 3 is 2.44 bits per heavy atom. The predicted octanol–water partition coefficient (Wildman–Crippen LogP) is 3.11. The third-order valence-corrected chi connectivity index (χ3v) is 4.13. The van der Waals surface area contributed by atoms with Gasteiger partial charge in [0, 0.05) is 29.9 Å². The maximum Gasteiger partial charge on any atom is 0.262 e. The Balaban J connectivity index is 1.51. The second-order valence-electron chi connectivity index (χ2n) is 7.07. The van der Waals surface area contributed by atoms with Crippen molar-refractivity contribution in [3.05, 3.63) is 54.1 Å². The van der Waals surface area contributed by atoms with Gasteiger partial charge in [-0.3, -0.25) is 9.59 Å². The lowest BCUT2D eigenvalue weighted by Gasteiger charge is -2.12. The van der Waals surface area contributed by atoms with E-state index in [-0.39, 0.29) is 24.3 Å². The topological polar surface area (TPSA) is 70.7 Å². The first kappa shape index (κ1) is 18.9. The molecule has 142 valence electrons. The van der Waals surface area contributed by atoms with Crippen LogP contribution < -0.4 is 15.4 Å². The van der Waals surface area contributed by atoms with Gasteiger partial charge in [-0.1, -0.05) is 18.2 Å². The number of hydrogen-bond acceptors (Lipinski definition) is 4. The van der Waals surface area contributed by atoms with Gasteiger partial charge < -0.3 is 20.3 Å². The molecule has 1 aliphatic carbocycles. The zero-order chi connectivity index (χ0) is 19.2. The number of anilines is 2. The van der Waals surface area contributed by atoms with E-state index in [1.165, 1.54) is 0 Å². The van der Waals surface area contributed by atoms with Crippen LogP contribution in [0.4, 0.5) is 11.4 Å². The van der Waals surface area contributed by atoms with Gasteiger partial charge in [-0.2, -0.15) is 0 Å². The zero-order valence-electron chi connectivity index (χ0n) is 15.7. The maximum absolute atomic E-state index is 12.2. The molecule has 0 bridgehead atoms. The highest BCUT2D eigenvalue weighted by molar-refractivity contribution is 5.94. The summed E-state index contributed by atoms with van der Waals surface area (Å²) >= 11 is 0. The summed E-state index contributed by atoms with van der Waals surface area (Å²) in [4.78, 5) is 26.1. The zero-order valence-corrected chi connectivity index (χ0v) is 15.7. The van der Waals surface area contributed by atoms with Crippen LogP contribution >= 0.6 is 0 Å². The molecule has 0 aliphatic heterocycles. The van der Waals surface area contributed by atoms with Gasteiger partial charge in [0.2, 0.25) is 5.91 Å². The lowest BCUT2D eigenvalue weighted by atomic mass is 10.2. The van der Waals surface area contributed by atoms with E-state index < -0.39 is 0 Å². The molecule has 0 radical (unpaired) electrons. The fourth-order valence-electron chi connectivity index (χ4n) is 2.71. The largest absolute Gasteiger partial charge is 0.484 e. The van der Waals surface area contributed by atoms with Gasteiger partial charge in [0.05, 0.1) is 0 Å². The van der Waals surface area contributed by atoms with Gasteiger partial charge in [0.25, 0.3) is 5.91 Å². The molecule has 0 aromatic heterocycles. The van der Waals surface area contributed by atoms with Crippen LogP contribution in [0, 0.1) is 5.92 Å². The van der Waals surface area contributed by atoms with Gasteiger partial charge in [-0.25, -0.2) is 0 Å². The predicted molar refractivity (Wildman–Crippen MR) is 106 cm³/mol. The lowest BCUT2D eigenvalue weighted by Crippen LogP contribution is -2.20. The minimum atomic E-state index is -0.232. The molecule has 1 fully saturated rings. The molecule has 1 aliphatic rings. The first-order valence-corrected chi connectivity index (χ1v) is 9.07. The molecule has 2 aromatic rings. The summed E-state index contributed by atoms with van der Waals surface area (Å²) in [6, 6.07) is 14.8. The van der Waals surface area contributed by atoms with E-state index in [2.05, 4.69) is 15.5 Å². The number of carbonyl (C=O) groups excluding carboxylic acids is 2. The minimum absolute atomic E-state index is 0.0440. The number of ether oxygens (including phenoxy) is 1. The van der Waals surface area contributed by atoms with E-state index in [1.807, 2.05) is 44.4 Å². The number of hydrogen-bond donors (Lipinski definition) is 2. The molecule has 2 amide bonds. The van der Waals surface area contributed by atoms with Crippen LogP contribution in [0.3, 0.4) is 0 Å². The molecule has 1 saturated carbocycles. The normalized spacial score (nSPS) is 13.3. The summed E-state index contributed by atoms with van der Waals surface area (Å²) in [5.74, 6) is 0.496. The molecule has 2 N–H and O–H groups in total. The van der Waals surface area contributed by atoms with E-state index >= 15 is 0 Å². The Morgan fingerprint density at radius 1 is 1.04 bits per heavy atom. The minimum Gasteiger partial charge on any atom is -0.484 e. The van der Waals surface area contributed by atoms with Gasteiger partial charge >= 0.3 is 0 Å². The molecule has 27 heavy (non-hydrogen) atoms. The van der Waals surface area contributed by atoms with Crippen molar-refractivity contribution in [1.29, 1.82) is 0 Å². The smallest absolute Gasteiger partial charge is 0.262 e. The van der Waals surface area contributed by atoms with Gasteiger partial charge in [-0.15, -0.1) is 0 Å². The third kappa shape index (κ3) is 6.11. The summed E-state index contributed by atoms with van der Waals surface area (Å²) in [5, 5.41) is 5.71. The molecular formula is C21H25N3O3. The molecule has 3 rings (SSSR count). The van der Waals surface area contributed by atoms with Crippen molar-refractivity contribution in [2.75, 3.05) is 31.3 Å². The first-order chi connectivity index (χ1) is 13.0. The lowest BCUT2D eigenvalue weighted by molar-refractivity contribution is -0.118. The molecule has 0 atom stereocenters. The molecule has 6 nitrogen and oxygen atoms in total. The number of nitrogens with one attached hydrogen (secondary N) is 2. The van der Waals surface area contributed by atoms with E-state index in [4.69, 9.17) is 4.74 Å². The Bertz CT molecular complexity index is 816. The van der Waals surface area contributed by atoms with Crippen molar-refractivity contribution in [2.45, 2.75) is 19.4 Å². The molecule has 0 heterocycles. The van der Waals surface area contributed by atoms with Crippen LogP contribution in [0.25, 0.3) is 0 Å². The van der Waals surface area contributed by atoms with Crippen molar-refractivity contribution in [1.82, 2.24) is 4.90 Å². The molecule has 6 heteroatoms. The second-order valence-corrected chi connectivity index (χ2v) is 7.07. The molecule has 0 saturated heterocycles. The second kappa shape index (κ2) is 8.68. The monoisotopic (exact) mass is 367 g/mol. The molecule has 2 aromatic carbocycles. The van der Waals surface area contributed by atoms with Crippen LogP contribution in [0.5, 0.6) is 5.75 Å². The third-order valence-electron chi connectivity index (χ3n) is 4.13. The van der Waals surface area contributed by atoms with Crippen LogP contribution in [0.1, 0.15) is 18.4 Å². The summed E-state index contributed by atoms with van der Waals surface area (Å²) in [6.45, 7) is 0.706. The van der Waals surface area contributed by atoms with Crippen molar-refractivity contribution >= 4 is 23.2 Å². The molecule has 0 spiro atoms. The quantitative estimate of drug-likeness (QED) is 0.752.